The molecule has 4 saturated carbocycles. The summed E-state index contributed by atoms with van der Waals surface area (Å²) in [6.07, 6.45) is 6.81. The van der Waals surface area contributed by atoms with Gasteiger partial charge in [0.05, 0.1) is 17.5 Å². The molecule has 0 aliphatic heterocycles. The Bertz CT molecular complexity index is 312. The van der Waals surface area contributed by atoms with E-state index >= 15 is 0 Å². The number of halogens is 2. The third-order valence-electron chi connectivity index (χ3n) is 4.37. The molecule has 16 heavy (non-hydrogen) atoms. The highest BCUT2D eigenvalue weighted by atomic mass is 35.7. The predicted octanol–water partition coefficient (Wildman–Crippen LogP) is 4.49. The molecule has 4 aliphatic carbocycles. The third kappa shape index (κ3) is 2.06. The molecule has 0 spiro atoms. The highest BCUT2D eigenvalue weighted by Crippen LogP contribution is 2.65. The average molecular weight is 285 g/mol. The third-order valence-corrected chi connectivity index (χ3v) is 6.31. The molecule has 0 aromatic heterocycles. The second-order valence-corrected chi connectivity index (χ2v) is 8.53. The molecule has 0 aromatic rings. The smallest absolute Gasteiger partial charge is 0.289 e. The fraction of sp³-hybridized carbons (Fsp3) is 1.00. The van der Waals surface area contributed by atoms with Gasteiger partial charge in [-0.25, -0.2) is 4.57 Å². The fourth-order valence-electron chi connectivity index (χ4n) is 4.39. The van der Waals surface area contributed by atoms with Crippen LogP contribution in [0.4, 0.5) is 0 Å². The molecule has 92 valence electrons. The van der Waals surface area contributed by atoms with Gasteiger partial charge in [-0.1, -0.05) is 0 Å². The summed E-state index contributed by atoms with van der Waals surface area (Å²) in [5.74, 6) is 2.16. The molecule has 4 rings (SSSR count). The Morgan fingerprint density at radius 3 is 1.88 bits per heavy atom. The zero-order chi connectivity index (χ0) is 11.4. The van der Waals surface area contributed by atoms with Crippen LogP contribution in [0.15, 0.2) is 0 Å². The van der Waals surface area contributed by atoms with E-state index in [4.69, 9.17) is 27.6 Å². The first-order valence-corrected chi connectivity index (χ1v) is 8.57. The maximum absolute atomic E-state index is 11.7. The summed E-state index contributed by atoms with van der Waals surface area (Å²) in [5, 5.41) is 0. The Labute approximate surface area is 105 Å². The van der Waals surface area contributed by atoms with Crippen molar-refractivity contribution in [1.82, 2.24) is 0 Å². The minimum absolute atomic E-state index is 0.319. The van der Waals surface area contributed by atoms with E-state index < -0.39 is 6.95 Å². The lowest BCUT2D eigenvalue weighted by molar-refractivity contribution is -0.108. The van der Waals surface area contributed by atoms with Crippen LogP contribution in [-0.4, -0.2) is 5.60 Å². The molecule has 0 amide bonds. The maximum Gasteiger partial charge on any atom is 0.441 e. The Kier molecular flexibility index (Phi) is 2.85. The van der Waals surface area contributed by atoms with Crippen molar-refractivity contribution in [3.8, 4) is 0 Å². The topological polar surface area (TPSA) is 35.5 Å². The van der Waals surface area contributed by atoms with Crippen molar-refractivity contribution in [1.29, 1.82) is 0 Å². The Morgan fingerprint density at radius 2 is 1.50 bits per heavy atom. The molecule has 4 aliphatic rings. The van der Waals surface area contributed by atoms with Crippen molar-refractivity contribution in [3.05, 3.63) is 0 Å². The van der Waals surface area contributed by atoms with Gasteiger partial charge in [0.1, 0.15) is 0 Å². The molecule has 1 unspecified atom stereocenters. The summed E-state index contributed by atoms with van der Waals surface area (Å²) in [6.45, 7) is -3.58. The van der Waals surface area contributed by atoms with E-state index in [2.05, 4.69) is 4.08 Å². The van der Waals surface area contributed by atoms with Crippen LogP contribution in [0.25, 0.3) is 0 Å². The molecule has 1 atom stereocenters. The predicted molar refractivity (Wildman–Crippen MR) is 62.4 cm³/mol. The molecule has 3 nitrogen and oxygen atoms in total. The number of hydrogen-bond acceptors (Lipinski definition) is 3. The van der Waals surface area contributed by atoms with E-state index in [0.29, 0.717) is 0 Å². The first-order valence-electron chi connectivity index (χ1n) is 5.81. The van der Waals surface area contributed by atoms with Gasteiger partial charge in [-0.3, -0.25) is 4.52 Å². The molecule has 4 bridgehead atoms. The Balaban J connectivity index is 1.81. The van der Waals surface area contributed by atoms with Gasteiger partial charge in [0.2, 0.25) is 0 Å². The quantitative estimate of drug-likeness (QED) is 0.717. The van der Waals surface area contributed by atoms with E-state index in [1.165, 1.54) is 19.3 Å². The lowest BCUT2D eigenvalue weighted by Crippen LogP contribution is -2.51. The van der Waals surface area contributed by atoms with Crippen LogP contribution < -0.4 is 0 Å². The van der Waals surface area contributed by atoms with Crippen molar-refractivity contribution in [2.45, 2.75) is 44.1 Å². The van der Waals surface area contributed by atoms with Gasteiger partial charge in [-0.15, -0.1) is 0 Å². The van der Waals surface area contributed by atoms with Gasteiger partial charge in [-0.05, 0) is 56.3 Å². The van der Waals surface area contributed by atoms with Crippen molar-refractivity contribution < 1.29 is 13.2 Å². The Hall–Kier alpha value is 0.730. The standard InChI is InChI=1S/C10H15Cl2O3P/c11-15-16(12,13)14-10-4-7-1-8(5-10)3-9(2-7)6-10/h7-9H,1-6H2. The van der Waals surface area contributed by atoms with Gasteiger partial charge in [0.25, 0.3) is 0 Å². The van der Waals surface area contributed by atoms with E-state index in [1.54, 1.807) is 0 Å². The number of rotatable bonds is 3. The second-order valence-electron chi connectivity index (χ2n) is 5.69. The molecule has 0 radical (unpaired) electrons. The summed E-state index contributed by atoms with van der Waals surface area (Å²) < 4.78 is 21.5. The lowest BCUT2D eigenvalue weighted by Gasteiger charge is -2.56. The van der Waals surface area contributed by atoms with Crippen molar-refractivity contribution in [2.24, 2.45) is 17.8 Å². The minimum atomic E-state index is -3.58. The van der Waals surface area contributed by atoms with Crippen molar-refractivity contribution >= 4 is 30.1 Å². The van der Waals surface area contributed by atoms with E-state index in [9.17, 15) is 4.57 Å². The largest absolute Gasteiger partial charge is 0.441 e. The fourth-order valence-corrected chi connectivity index (χ4v) is 5.63. The second kappa shape index (κ2) is 3.86. The molecule has 0 N–H and O–H groups in total. The minimum Gasteiger partial charge on any atom is -0.289 e. The summed E-state index contributed by atoms with van der Waals surface area (Å²) in [7, 11) is 0. The van der Waals surface area contributed by atoms with Gasteiger partial charge >= 0.3 is 6.95 Å². The molecule has 0 aromatic carbocycles. The lowest BCUT2D eigenvalue weighted by atomic mass is 9.54. The Morgan fingerprint density at radius 1 is 1.06 bits per heavy atom. The summed E-state index contributed by atoms with van der Waals surface area (Å²) in [5.41, 5.74) is -0.319. The van der Waals surface area contributed by atoms with E-state index in [0.717, 1.165) is 37.0 Å². The highest BCUT2D eigenvalue weighted by molar-refractivity contribution is 7.82. The van der Waals surface area contributed by atoms with Crippen molar-refractivity contribution in [2.75, 3.05) is 0 Å². The van der Waals surface area contributed by atoms with Gasteiger partial charge in [0, 0.05) is 11.2 Å². The van der Waals surface area contributed by atoms with Crippen LogP contribution in [0.1, 0.15) is 38.5 Å². The maximum atomic E-state index is 11.7. The van der Waals surface area contributed by atoms with Gasteiger partial charge in [-0.2, -0.15) is 4.08 Å². The van der Waals surface area contributed by atoms with Crippen LogP contribution in [0.3, 0.4) is 0 Å². The molecular formula is C10H15Cl2O3P. The molecule has 4 fully saturated rings. The molecule has 6 heteroatoms. The van der Waals surface area contributed by atoms with Gasteiger partial charge in [0.15, 0.2) is 0 Å². The summed E-state index contributed by atoms with van der Waals surface area (Å²) in [6, 6.07) is 0. The van der Waals surface area contributed by atoms with E-state index in [-0.39, 0.29) is 5.60 Å². The zero-order valence-corrected chi connectivity index (χ0v) is 11.3. The van der Waals surface area contributed by atoms with Crippen LogP contribution >= 0.6 is 30.1 Å². The molecule has 0 heterocycles. The van der Waals surface area contributed by atoms with Crippen LogP contribution in [0.5, 0.6) is 0 Å². The van der Waals surface area contributed by atoms with Crippen LogP contribution in [-0.2, 0) is 13.2 Å². The summed E-state index contributed by atoms with van der Waals surface area (Å²) in [4.78, 5) is 0. The molecular weight excluding hydrogens is 270 g/mol. The normalized spacial score (nSPS) is 49.2. The highest BCUT2D eigenvalue weighted by Gasteiger charge is 2.54. The first-order chi connectivity index (χ1) is 7.50. The number of hydrogen-bond donors (Lipinski definition) is 0. The van der Waals surface area contributed by atoms with E-state index in [1.807, 2.05) is 0 Å². The van der Waals surface area contributed by atoms with Crippen LogP contribution in [0, 0.1) is 17.8 Å². The van der Waals surface area contributed by atoms with Gasteiger partial charge < -0.3 is 0 Å². The molecule has 0 saturated heterocycles. The summed E-state index contributed by atoms with van der Waals surface area (Å²) >= 11 is 10.7. The SMILES string of the molecule is O=P(Cl)(OCl)OC12CC3CC(CC(C3)C1)C2. The monoisotopic (exact) mass is 284 g/mol. The van der Waals surface area contributed by atoms with Crippen LogP contribution in [0.2, 0.25) is 0 Å². The average Bonchev–Trinajstić information content (AvgIpc) is 2.13. The zero-order valence-electron chi connectivity index (χ0n) is 8.90. The first kappa shape index (κ1) is 11.8. The van der Waals surface area contributed by atoms with Crippen molar-refractivity contribution in [3.63, 3.8) is 0 Å².